The number of ether oxygens (including phenoxy) is 1. The van der Waals surface area contributed by atoms with Gasteiger partial charge in [-0.05, 0) is 30.3 Å². The normalized spacial score (nSPS) is 10.0. The van der Waals surface area contributed by atoms with Gasteiger partial charge in [-0.2, -0.15) is 0 Å². The SMILES string of the molecule is CN(C)c1cccc(NC(=O)CCOc2ccccc2)c1. The lowest BCUT2D eigenvalue weighted by Gasteiger charge is -2.14. The van der Waals surface area contributed by atoms with E-state index in [2.05, 4.69) is 5.32 Å². The Morgan fingerprint density at radius 3 is 2.57 bits per heavy atom. The highest BCUT2D eigenvalue weighted by molar-refractivity contribution is 5.91. The molecule has 0 aromatic heterocycles. The van der Waals surface area contributed by atoms with Gasteiger partial charge in [0.05, 0.1) is 13.0 Å². The largest absolute Gasteiger partial charge is 0.493 e. The number of hydrogen-bond donors (Lipinski definition) is 1. The van der Waals surface area contributed by atoms with E-state index in [4.69, 9.17) is 4.74 Å². The van der Waals surface area contributed by atoms with E-state index in [1.54, 1.807) is 0 Å². The monoisotopic (exact) mass is 284 g/mol. The van der Waals surface area contributed by atoms with Crippen LogP contribution in [0.2, 0.25) is 0 Å². The van der Waals surface area contributed by atoms with Crippen LogP contribution < -0.4 is 15.0 Å². The molecule has 0 unspecified atom stereocenters. The Kier molecular flexibility index (Phi) is 5.21. The molecule has 0 aliphatic rings. The summed E-state index contributed by atoms with van der Waals surface area (Å²) in [6.45, 7) is 0.364. The summed E-state index contributed by atoms with van der Waals surface area (Å²) in [6.07, 6.45) is 0.321. The Bertz CT molecular complexity index is 582. The molecule has 2 aromatic carbocycles. The van der Waals surface area contributed by atoms with Crippen LogP contribution in [0.15, 0.2) is 54.6 Å². The fourth-order valence-corrected chi connectivity index (χ4v) is 1.86. The zero-order valence-corrected chi connectivity index (χ0v) is 12.4. The topological polar surface area (TPSA) is 41.6 Å². The second-order valence-electron chi connectivity index (χ2n) is 4.90. The first-order valence-electron chi connectivity index (χ1n) is 6.90. The minimum atomic E-state index is -0.0539. The molecule has 0 saturated heterocycles. The van der Waals surface area contributed by atoms with Gasteiger partial charge in [-0.25, -0.2) is 0 Å². The van der Waals surface area contributed by atoms with Crippen molar-refractivity contribution in [3.8, 4) is 5.75 Å². The van der Waals surface area contributed by atoms with Crippen molar-refractivity contribution >= 4 is 17.3 Å². The quantitative estimate of drug-likeness (QED) is 0.886. The van der Waals surface area contributed by atoms with Gasteiger partial charge in [0.1, 0.15) is 5.75 Å². The van der Waals surface area contributed by atoms with Gasteiger partial charge < -0.3 is 15.0 Å². The minimum Gasteiger partial charge on any atom is -0.493 e. The summed E-state index contributed by atoms with van der Waals surface area (Å²) in [4.78, 5) is 13.9. The molecule has 0 saturated carbocycles. The Morgan fingerprint density at radius 1 is 1.10 bits per heavy atom. The number of carbonyl (C=O) groups excluding carboxylic acids is 1. The number of anilines is 2. The predicted molar refractivity (Wildman–Crippen MR) is 86.0 cm³/mol. The fourth-order valence-electron chi connectivity index (χ4n) is 1.86. The molecule has 0 heterocycles. The van der Waals surface area contributed by atoms with E-state index in [-0.39, 0.29) is 5.91 Å². The van der Waals surface area contributed by atoms with Crippen LogP contribution in [0.1, 0.15) is 6.42 Å². The number of amides is 1. The smallest absolute Gasteiger partial charge is 0.227 e. The molecular formula is C17H20N2O2. The molecule has 0 spiro atoms. The molecule has 0 bridgehead atoms. The Morgan fingerprint density at radius 2 is 1.86 bits per heavy atom. The van der Waals surface area contributed by atoms with Crippen LogP contribution in [-0.4, -0.2) is 26.6 Å². The first kappa shape index (κ1) is 14.9. The molecule has 4 nitrogen and oxygen atoms in total. The molecule has 1 amide bonds. The third-order valence-corrected chi connectivity index (χ3v) is 2.99. The van der Waals surface area contributed by atoms with Crippen molar-refractivity contribution in [2.45, 2.75) is 6.42 Å². The predicted octanol–water partition coefficient (Wildman–Crippen LogP) is 3.16. The lowest BCUT2D eigenvalue weighted by atomic mass is 10.2. The fraction of sp³-hybridized carbons (Fsp3) is 0.235. The van der Waals surface area contributed by atoms with E-state index in [0.29, 0.717) is 13.0 Å². The molecule has 21 heavy (non-hydrogen) atoms. The lowest BCUT2D eigenvalue weighted by Crippen LogP contribution is -2.16. The van der Waals surface area contributed by atoms with Gasteiger partial charge in [-0.1, -0.05) is 24.3 Å². The zero-order chi connectivity index (χ0) is 15.1. The molecule has 2 aromatic rings. The Labute approximate surface area is 125 Å². The maximum atomic E-state index is 11.9. The number of para-hydroxylation sites is 1. The lowest BCUT2D eigenvalue weighted by molar-refractivity contribution is -0.116. The first-order valence-corrected chi connectivity index (χ1v) is 6.90. The van der Waals surface area contributed by atoms with E-state index in [9.17, 15) is 4.79 Å². The van der Waals surface area contributed by atoms with Crippen molar-refractivity contribution in [1.29, 1.82) is 0 Å². The van der Waals surface area contributed by atoms with Gasteiger partial charge in [0.25, 0.3) is 0 Å². The summed E-state index contributed by atoms with van der Waals surface area (Å²) < 4.78 is 5.51. The molecule has 0 fully saturated rings. The summed E-state index contributed by atoms with van der Waals surface area (Å²) in [5.74, 6) is 0.724. The number of rotatable bonds is 6. The summed E-state index contributed by atoms with van der Waals surface area (Å²) in [7, 11) is 3.93. The van der Waals surface area contributed by atoms with Crippen LogP contribution in [0.25, 0.3) is 0 Å². The van der Waals surface area contributed by atoms with E-state index in [0.717, 1.165) is 17.1 Å². The van der Waals surface area contributed by atoms with E-state index < -0.39 is 0 Å². The van der Waals surface area contributed by atoms with Gasteiger partial charge in [0.15, 0.2) is 0 Å². The second-order valence-corrected chi connectivity index (χ2v) is 4.90. The van der Waals surface area contributed by atoms with Crippen molar-refractivity contribution < 1.29 is 9.53 Å². The Balaban J connectivity index is 1.80. The van der Waals surface area contributed by atoms with Crippen molar-refractivity contribution in [1.82, 2.24) is 0 Å². The number of nitrogens with zero attached hydrogens (tertiary/aromatic N) is 1. The second kappa shape index (κ2) is 7.33. The summed E-state index contributed by atoms with van der Waals surface area (Å²) in [5, 5.41) is 2.88. The van der Waals surface area contributed by atoms with Crippen LogP contribution >= 0.6 is 0 Å². The van der Waals surface area contributed by atoms with E-state index in [1.165, 1.54) is 0 Å². The van der Waals surface area contributed by atoms with Crippen LogP contribution in [0, 0.1) is 0 Å². The molecule has 4 heteroatoms. The molecule has 0 atom stereocenters. The van der Waals surface area contributed by atoms with Crippen LogP contribution in [0.3, 0.4) is 0 Å². The first-order chi connectivity index (χ1) is 10.1. The minimum absolute atomic E-state index is 0.0539. The molecule has 0 radical (unpaired) electrons. The number of hydrogen-bond acceptors (Lipinski definition) is 3. The standard InChI is InChI=1S/C17H20N2O2/c1-19(2)15-8-6-7-14(13-15)18-17(20)11-12-21-16-9-4-3-5-10-16/h3-10,13H,11-12H2,1-2H3,(H,18,20). The van der Waals surface area contributed by atoms with Gasteiger partial charge in [0, 0.05) is 25.5 Å². The highest BCUT2D eigenvalue weighted by Crippen LogP contribution is 2.17. The molecule has 0 aliphatic carbocycles. The number of carbonyl (C=O) groups is 1. The highest BCUT2D eigenvalue weighted by Gasteiger charge is 2.04. The molecule has 2 rings (SSSR count). The van der Waals surface area contributed by atoms with Gasteiger partial charge >= 0.3 is 0 Å². The third-order valence-electron chi connectivity index (χ3n) is 2.99. The van der Waals surface area contributed by atoms with Crippen molar-refractivity contribution in [3.63, 3.8) is 0 Å². The maximum Gasteiger partial charge on any atom is 0.227 e. The number of nitrogens with one attached hydrogen (secondary N) is 1. The third kappa shape index (κ3) is 4.84. The van der Waals surface area contributed by atoms with Gasteiger partial charge in [-0.3, -0.25) is 4.79 Å². The number of benzene rings is 2. The van der Waals surface area contributed by atoms with E-state index in [1.807, 2.05) is 73.6 Å². The van der Waals surface area contributed by atoms with Gasteiger partial charge in [-0.15, -0.1) is 0 Å². The molecule has 110 valence electrons. The molecule has 0 aliphatic heterocycles. The van der Waals surface area contributed by atoms with Crippen molar-refractivity contribution in [2.75, 3.05) is 30.9 Å². The summed E-state index contributed by atoms with van der Waals surface area (Å²) >= 11 is 0. The molecule has 1 N–H and O–H groups in total. The van der Waals surface area contributed by atoms with Crippen LogP contribution in [-0.2, 0) is 4.79 Å². The van der Waals surface area contributed by atoms with Crippen LogP contribution in [0.5, 0.6) is 5.75 Å². The van der Waals surface area contributed by atoms with Gasteiger partial charge in [0.2, 0.25) is 5.91 Å². The maximum absolute atomic E-state index is 11.9. The van der Waals surface area contributed by atoms with Crippen molar-refractivity contribution in [2.24, 2.45) is 0 Å². The zero-order valence-electron chi connectivity index (χ0n) is 12.4. The Hall–Kier alpha value is -2.49. The van der Waals surface area contributed by atoms with Crippen molar-refractivity contribution in [3.05, 3.63) is 54.6 Å². The highest BCUT2D eigenvalue weighted by atomic mass is 16.5. The van der Waals surface area contributed by atoms with Crippen LogP contribution in [0.4, 0.5) is 11.4 Å². The molecular weight excluding hydrogens is 264 g/mol. The summed E-state index contributed by atoms with van der Waals surface area (Å²) in [5.41, 5.74) is 1.85. The van der Waals surface area contributed by atoms with E-state index >= 15 is 0 Å². The average molecular weight is 284 g/mol. The summed E-state index contributed by atoms with van der Waals surface area (Å²) in [6, 6.07) is 17.2. The average Bonchev–Trinajstić information content (AvgIpc) is 2.48.